The van der Waals surface area contributed by atoms with Gasteiger partial charge in [-0.2, -0.15) is 0 Å². The molecule has 3 aromatic heterocycles. The van der Waals surface area contributed by atoms with Gasteiger partial charge in [-0.15, -0.1) is 11.3 Å². The molecule has 1 aliphatic rings. The molecule has 150 valence electrons. The van der Waals surface area contributed by atoms with Crippen molar-refractivity contribution < 1.29 is 0 Å². The Morgan fingerprint density at radius 3 is 2.50 bits per heavy atom. The van der Waals surface area contributed by atoms with Gasteiger partial charge < -0.3 is 10.2 Å². The Morgan fingerprint density at radius 1 is 1.00 bits per heavy atom. The van der Waals surface area contributed by atoms with Crippen LogP contribution in [0.1, 0.15) is 34.7 Å². The van der Waals surface area contributed by atoms with E-state index in [4.69, 9.17) is 12.2 Å². The number of rotatable bonds is 4. The highest BCUT2D eigenvalue weighted by Crippen LogP contribution is 2.43. The van der Waals surface area contributed by atoms with Crippen LogP contribution in [-0.4, -0.2) is 19.6 Å². The first-order chi connectivity index (χ1) is 14.6. The summed E-state index contributed by atoms with van der Waals surface area (Å²) >= 11 is 7.45. The van der Waals surface area contributed by atoms with Crippen LogP contribution in [0.5, 0.6) is 0 Å². The third kappa shape index (κ3) is 3.11. The first-order valence-corrected chi connectivity index (χ1v) is 11.1. The Hall–Kier alpha value is -3.03. The van der Waals surface area contributed by atoms with Gasteiger partial charge in [-0.05, 0) is 62.0 Å². The quantitative estimate of drug-likeness (QED) is 0.454. The minimum Gasteiger partial charge on any atom is -0.351 e. The molecule has 5 nitrogen and oxygen atoms in total. The number of aromatic nitrogens is 3. The second-order valence-electron chi connectivity index (χ2n) is 7.31. The largest absolute Gasteiger partial charge is 0.351 e. The number of aryl methyl sites for hydroxylation is 1. The number of hydrogen-bond acceptors (Lipinski definition) is 4. The van der Waals surface area contributed by atoms with Crippen molar-refractivity contribution in [3.63, 3.8) is 0 Å². The van der Waals surface area contributed by atoms with Crippen molar-refractivity contribution in [1.82, 2.24) is 19.9 Å². The summed E-state index contributed by atoms with van der Waals surface area (Å²) in [6.45, 7) is 4.28. The lowest BCUT2D eigenvalue weighted by atomic mass is 9.96. The summed E-state index contributed by atoms with van der Waals surface area (Å²) in [4.78, 5) is 11.4. The van der Waals surface area contributed by atoms with Gasteiger partial charge in [-0.1, -0.05) is 24.3 Å². The highest BCUT2D eigenvalue weighted by atomic mass is 32.1. The first kappa shape index (κ1) is 19.0. The topological polar surface area (TPSA) is 46.0 Å². The predicted molar refractivity (Wildman–Crippen MR) is 125 cm³/mol. The minimum absolute atomic E-state index is 0.0188. The van der Waals surface area contributed by atoms with Gasteiger partial charge in [0.25, 0.3) is 0 Å². The van der Waals surface area contributed by atoms with Crippen molar-refractivity contribution in [2.75, 3.05) is 4.90 Å². The minimum atomic E-state index is -0.0517. The molecule has 0 saturated carbocycles. The number of anilines is 1. The molecule has 4 aromatic rings. The average molecular weight is 432 g/mol. The molecule has 0 radical (unpaired) electrons. The van der Waals surface area contributed by atoms with Gasteiger partial charge in [0.05, 0.1) is 17.8 Å². The molecular formula is C23H21N5S2. The van der Waals surface area contributed by atoms with E-state index in [1.807, 2.05) is 48.1 Å². The molecule has 1 N–H and O–H groups in total. The van der Waals surface area contributed by atoms with Crippen molar-refractivity contribution in [2.24, 2.45) is 0 Å². The van der Waals surface area contributed by atoms with Crippen LogP contribution in [0.15, 0.2) is 72.4 Å². The summed E-state index contributed by atoms with van der Waals surface area (Å²) in [6, 6.07) is 18.5. The van der Waals surface area contributed by atoms with Crippen LogP contribution in [0.25, 0.3) is 5.13 Å². The molecule has 7 heteroatoms. The van der Waals surface area contributed by atoms with E-state index in [9.17, 15) is 0 Å². The van der Waals surface area contributed by atoms with Crippen molar-refractivity contribution in [3.8, 4) is 5.13 Å². The third-order valence-corrected chi connectivity index (χ3v) is 6.60. The second-order valence-corrected chi connectivity index (χ2v) is 8.57. The standard InChI is InChI=1S/C23H21N5S2/c1-15-14-18(16(2)27(15)23-25-12-13-30-23)21-20(19-10-6-7-11-24-19)26-22(29)28(21)17-8-4-3-5-9-17/h3-14,20-21H,1-2H3,(H,26,29)/t20-,21-/m0/s1. The lowest BCUT2D eigenvalue weighted by molar-refractivity contribution is 0.565. The number of thiocarbonyl (C=S) groups is 1. The van der Waals surface area contributed by atoms with Crippen LogP contribution in [-0.2, 0) is 0 Å². The third-order valence-electron chi connectivity index (χ3n) is 5.53. The molecule has 4 heterocycles. The Kier molecular flexibility index (Phi) is 4.84. The SMILES string of the molecule is Cc1cc([C@H]2[C@H](c3ccccn3)NC(=S)N2c2ccccc2)c(C)n1-c1nccs1. The molecule has 0 bridgehead atoms. The Balaban J connectivity index is 1.69. The van der Waals surface area contributed by atoms with Crippen LogP contribution >= 0.6 is 23.6 Å². The number of hydrogen-bond donors (Lipinski definition) is 1. The normalized spacial score (nSPS) is 18.6. The summed E-state index contributed by atoms with van der Waals surface area (Å²) in [5, 5.41) is 7.22. The summed E-state index contributed by atoms with van der Waals surface area (Å²) < 4.78 is 2.22. The fraction of sp³-hybridized carbons (Fsp3) is 0.174. The molecule has 1 aromatic carbocycles. The number of benzene rings is 1. The maximum Gasteiger partial charge on any atom is 0.193 e. The van der Waals surface area contributed by atoms with Gasteiger partial charge in [0.15, 0.2) is 10.2 Å². The van der Waals surface area contributed by atoms with E-state index >= 15 is 0 Å². The molecule has 1 fully saturated rings. The zero-order valence-corrected chi connectivity index (χ0v) is 18.3. The number of para-hydroxylation sites is 1. The van der Waals surface area contributed by atoms with Crippen LogP contribution < -0.4 is 10.2 Å². The van der Waals surface area contributed by atoms with E-state index in [0.717, 1.165) is 22.2 Å². The van der Waals surface area contributed by atoms with Crippen LogP contribution in [0, 0.1) is 13.8 Å². The van der Waals surface area contributed by atoms with E-state index in [1.54, 1.807) is 11.3 Å². The van der Waals surface area contributed by atoms with E-state index in [-0.39, 0.29) is 12.1 Å². The predicted octanol–water partition coefficient (Wildman–Crippen LogP) is 5.12. The molecule has 5 rings (SSSR count). The van der Waals surface area contributed by atoms with Crippen LogP contribution in [0.4, 0.5) is 5.69 Å². The molecule has 2 atom stereocenters. The van der Waals surface area contributed by atoms with E-state index in [2.05, 4.69) is 62.9 Å². The number of nitrogens with zero attached hydrogens (tertiary/aromatic N) is 4. The molecule has 30 heavy (non-hydrogen) atoms. The zero-order valence-electron chi connectivity index (χ0n) is 16.7. The maximum atomic E-state index is 5.81. The van der Waals surface area contributed by atoms with Gasteiger partial charge >= 0.3 is 0 Å². The van der Waals surface area contributed by atoms with Crippen LogP contribution in [0.2, 0.25) is 0 Å². The fourth-order valence-corrected chi connectivity index (χ4v) is 5.34. The molecule has 0 amide bonds. The van der Waals surface area contributed by atoms with E-state index in [1.165, 1.54) is 11.3 Å². The molecule has 0 spiro atoms. The summed E-state index contributed by atoms with van der Waals surface area (Å²) in [5.74, 6) is 0. The monoisotopic (exact) mass is 431 g/mol. The van der Waals surface area contributed by atoms with Gasteiger partial charge in [0, 0.05) is 34.8 Å². The highest BCUT2D eigenvalue weighted by Gasteiger charge is 2.42. The second kappa shape index (κ2) is 7.66. The summed E-state index contributed by atoms with van der Waals surface area (Å²) in [5.41, 5.74) is 5.58. The average Bonchev–Trinajstić information content (AvgIpc) is 3.47. The van der Waals surface area contributed by atoms with Gasteiger partial charge in [-0.3, -0.25) is 9.55 Å². The van der Waals surface area contributed by atoms with Crippen LogP contribution in [0.3, 0.4) is 0 Å². The maximum absolute atomic E-state index is 5.81. The lowest BCUT2D eigenvalue weighted by Crippen LogP contribution is -2.29. The van der Waals surface area contributed by atoms with Crippen molar-refractivity contribution in [2.45, 2.75) is 25.9 Å². The Morgan fingerprint density at radius 2 is 1.80 bits per heavy atom. The Labute approximate surface area is 185 Å². The Bertz CT molecular complexity index is 1170. The summed E-state index contributed by atoms with van der Waals surface area (Å²) in [6.07, 6.45) is 3.68. The molecule has 0 aliphatic carbocycles. The molecule has 1 saturated heterocycles. The lowest BCUT2D eigenvalue weighted by Gasteiger charge is -2.28. The number of pyridine rings is 1. The van der Waals surface area contributed by atoms with Crippen molar-refractivity contribution >= 4 is 34.4 Å². The smallest absolute Gasteiger partial charge is 0.193 e. The van der Waals surface area contributed by atoms with Gasteiger partial charge in [0.1, 0.15) is 0 Å². The van der Waals surface area contributed by atoms with E-state index < -0.39 is 0 Å². The fourth-order valence-electron chi connectivity index (χ4n) is 4.25. The molecule has 0 unspecified atom stereocenters. The first-order valence-electron chi connectivity index (χ1n) is 9.79. The van der Waals surface area contributed by atoms with Crippen molar-refractivity contribution in [1.29, 1.82) is 0 Å². The van der Waals surface area contributed by atoms with Gasteiger partial charge in [0.2, 0.25) is 0 Å². The molecular weight excluding hydrogens is 410 g/mol. The highest BCUT2D eigenvalue weighted by molar-refractivity contribution is 7.80. The molecule has 1 aliphatic heterocycles. The van der Waals surface area contributed by atoms with Gasteiger partial charge in [-0.25, -0.2) is 4.98 Å². The van der Waals surface area contributed by atoms with E-state index in [0.29, 0.717) is 5.11 Å². The van der Waals surface area contributed by atoms with Crippen molar-refractivity contribution in [3.05, 3.63) is 95.0 Å². The summed E-state index contributed by atoms with van der Waals surface area (Å²) in [7, 11) is 0. The zero-order chi connectivity index (χ0) is 20.7. The number of thiazole rings is 1. The number of nitrogens with one attached hydrogen (secondary N) is 1.